The van der Waals surface area contributed by atoms with E-state index in [0.29, 0.717) is 24.4 Å². The lowest BCUT2D eigenvalue weighted by atomic mass is 9.90. The van der Waals surface area contributed by atoms with Gasteiger partial charge in [0.2, 0.25) is 23.5 Å². The summed E-state index contributed by atoms with van der Waals surface area (Å²) in [4.78, 5) is 63.8. The number of Topliss-reactive ketones (excluding diaryl/α,β-unsaturated/α-hetero) is 1. The molecule has 3 amide bonds. The number of aryl methyl sites for hydroxylation is 1. The van der Waals surface area contributed by atoms with Crippen LogP contribution < -0.4 is 5.32 Å². The number of piperazine rings is 1. The normalized spacial score (nSPS) is 20.0. The number of carbonyl (C=O) groups is 4. The lowest BCUT2D eigenvalue weighted by molar-refractivity contribution is -0.157. The fraction of sp³-hybridized carbons (Fsp3) is 0.441. The highest BCUT2D eigenvalue weighted by molar-refractivity contribution is 7.11. The first-order chi connectivity index (χ1) is 21.4. The minimum absolute atomic E-state index is 0.0674. The van der Waals surface area contributed by atoms with Crippen molar-refractivity contribution in [3.63, 3.8) is 0 Å². The summed E-state index contributed by atoms with van der Waals surface area (Å²) in [6.07, 6.45) is 5.97. The van der Waals surface area contributed by atoms with Crippen LogP contribution in [0.2, 0.25) is 0 Å². The lowest BCUT2D eigenvalue weighted by Gasteiger charge is -2.40. The summed E-state index contributed by atoms with van der Waals surface area (Å²) < 4.78 is 0. The molecule has 2 aliphatic heterocycles. The second-order valence-electron chi connectivity index (χ2n) is 11.9. The van der Waals surface area contributed by atoms with E-state index in [9.17, 15) is 19.2 Å². The number of amides is 3. The van der Waals surface area contributed by atoms with Gasteiger partial charge >= 0.3 is 0 Å². The maximum Gasteiger partial charge on any atom is 0.246 e. The van der Waals surface area contributed by atoms with Gasteiger partial charge in [-0.2, -0.15) is 0 Å². The van der Waals surface area contributed by atoms with E-state index in [1.165, 1.54) is 21.8 Å². The Labute approximate surface area is 263 Å². The molecular weight excluding hydrogens is 574 g/mol. The van der Waals surface area contributed by atoms with Crippen molar-refractivity contribution in [1.82, 2.24) is 25.0 Å². The molecular formula is C34H41N5O4S. The first-order valence-electron chi connectivity index (χ1n) is 15.4. The molecule has 10 heteroatoms. The van der Waals surface area contributed by atoms with Crippen molar-refractivity contribution < 1.29 is 19.2 Å². The molecule has 3 heterocycles. The van der Waals surface area contributed by atoms with E-state index in [-0.39, 0.29) is 36.6 Å². The van der Waals surface area contributed by atoms with Crippen LogP contribution in [0.3, 0.4) is 0 Å². The van der Waals surface area contributed by atoms with Gasteiger partial charge in [-0.15, -0.1) is 11.3 Å². The number of thiazole rings is 1. The van der Waals surface area contributed by atoms with Gasteiger partial charge in [-0.05, 0) is 62.7 Å². The summed E-state index contributed by atoms with van der Waals surface area (Å²) in [6, 6.07) is 18.1. The van der Waals surface area contributed by atoms with Crippen molar-refractivity contribution in [1.29, 1.82) is 0 Å². The Bertz CT molecular complexity index is 1400. The van der Waals surface area contributed by atoms with Crippen molar-refractivity contribution in [2.75, 3.05) is 39.8 Å². The molecule has 0 spiro atoms. The molecule has 1 N–H and O–H groups in total. The number of rotatable bonds is 13. The molecule has 44 heavy (non-hydrogen) atoms. The Morgan fingerprint density at radius 2 is 1.77 bits per heavy atom. The number of hydrogen-bond acceptors (Lipinski definition) is 7. The molecule has 232 valence electrons. The highest BCUT2D eigenvalue weighted by atomic mass is 32.1. The standard InChI is InChI=1S/C34H41N5O4S/c1-37-17-8-15-27(22-37)20-28(32(42)33-35-16-19-44-33)36-30(40)23-39-29(21-26-12-6-3-7-13-26)34(43)38(24-31(39)41)18-9-14-25-10-4-2-5-11-25/h2-7,10-13,16,19,27-29H,8-9,14-15,17-18,20-24H2,1H3,(H,36,40)/t27?,28-,29?/m0/s1. The van der Waals surface area contributed by atoms with E-state index in [1.807, 2.05) is 48.5 Å². The zero-order valence-electron chi connectivity index (χ0n) is 25.3. The molecule has 0 aliphatic carbocycles. The molecule has 2 saturated heterocycles. The molecule has 1 aromatic heterocycles. The minimum atomic E-state index is -0.804. The van der Waals surface area contributed by atoms with Crippen LogP contribution in [0.4, 0.5) is 0 Å². The van der Waals surface area contributed by atoms with Crippen LogP contribution in [0, 0.1) is 5.92 Å². The van der Waals surface area contributed by atoms with E-state index in [1.54, 1.807) is 16.5 Å². The topological polar surface area (TPSA) is 103 Å². The van der Waals surface area contributed by atoms with Crippen molar-refractivity contribution in [2.45, 2.75) is 50.6 Å². The number of likely N-dealkylation sites (tertiary alicyclic amines) is 1. The van der Waals surface area contributed by atoms with Crippen molar-refractivity contribution in [2.24, 2.45) is 5.92 Å². The number of carbonyl (C=O) groups excluding carboxylic acids is 4. The minimum Gasteiger partial charge on any atom is -0.344 e. The van der Waals surface area contributed by atoms with E-state index in [4.69, 9.17) is 0 Å². The largest absolute Gasteiger partial charge is 0.344 e. The second kappa shape index (κ2) is 15.2. The van der Waals surface area contributed by atoms with Gasteiger partial charge in [-0.3, -0.25) is 19.2 Å². The van der Waals surface area contributed by atoms with Crippen LogP contribution in [0.5, 0.6) is 0 Å². The molecule has 3 atom stereocenters. The average Bonchev–Trinajstić information content (AvgIpc) is 3.57. The fourth-order valence-corrected chi connectivity index (χ4v) is 6.94. The molecule has 2 unspecified atom stereocenters. The molecule has 2 aromatic carbocycles. The molecule has 2 aliphatic rings. The van der Waals surface area contributed by atoms with Crippen LogP contribution in [-0.2, 0) is 27.2 Å². The zero-order chi connectivity index (χ0) is 30.9. The average molecular weight is 616 g/mol. The Balaban J connectivity index is 1.29. The van der Waals surface area contributed by atoms with Crippen molar-refractivity contribution >= 4 is 34.8 Å². The zero-order valence-corrected chi connectivity index (χ0v) is 26.1. The molecule has 9 nitrogen and oxygen atoms in total. The van der Waals surface area contributed by atoms with Gasteiger partial charge in [-0.25, -0.2) is 4.98 Å². The van der Waals surface area contributed by atoms with Crippen LogP contribution in [0.25, 0.3) is 0 Å². The summed E-state index contributed by atoms with van der Waals surface area (Å²) in [5.74, 6) is -0.822. The van der Waals surface area contributed by atoms with Gasteiger partial charge in [0, 0.05) is 31.1 Å². The molecule has 2 fully saturated rings. The third-order valence-electron chi connectivity index (χ3n) is 8.53. The number of nitrogens with one attached hydrogen (secondary N) is 1. The van der Waals surface area contributed by atoms with Gasteiger partial charge in [0.1, 0.15) is 12.6 Å². The van der Waals surface area contributed by atoms with Crippen LogP contribution in [-0.4, -0.2) is 95.0 Å². The third-order valence-corrected chi connectivity index (χ3v) is 9.32. The van der Waals surface area contributed by atoms with E-state index >= 15 is 0 Å². The summed E-state index contributed by atoms with van der Waals surface area (Å²) in [5, 5.41) is 5.05. The predicted octanol–water partition coefficient (Wildman–Crippen LogP) is 3.46. The summed E-state index contributed by atoms with van der Waals surface area (Å²) in [6.45, 7) is 1.99. The number of benzene rings is 2. The van der Waals surface area contributed by atoms with Gasteiger partial charge in [-0.1, -0.05) is 60.7 Å². The number of hydrogen-bond donors (Lipinski definition) is 1. The van der Waals surface area contributed by atoms with Crippen LogP contribution in [0.15, 0.2) is 72.2 Å². The number of aromatic nitrogens is 1. The number of ketones is 1. The monoisotopic (exact) mass is 615 g/mol. The SMILES string of the molecule is CN1CCCC(C[C@H](NC(=O)CN2C(=O)CN(CCCc3ccccc3)C(=O)C2Cc2ccccc2)C(=O)c2nccs2)C1. The van der Waals surface area contributed by atoms with Gasteiger partial charge in [0.15, 0.2) is 5.01 Å². The Hall–Kier alpha value is -3.89. The van der Waals surface area contributed by atoms with E-state index < -0.39 is 18.0 Å². The maximum absolute atomic E-state index is 13.8. The van der Waals surface area contributed by atoms with Crippen molar-refractivity contribution in [3.8, 4) is 0 Å². The Morgan fingerprint density at radius 1 is 1.05 bits per heavy atom. The number of nitrogens with zero attached hydrogens (tertiary/aromatic N) is 4. The Kier molecular flexibility index (Phi) is 10.9. The van der Waals surface area contributed by atoms with E-state index in [2.05, 4.69) is 34.4 Å². The van der Waals surface area contributed by atoms with E-state index in [0.717, 1.165) is 44.3 Å². The highest BCUT2D eigenvalue weighted by Gasteiger charge is 2.40. The third kappa shape index (κ3) is 8.39. The van der Waals surface area contributed by atoms with Crippen LogP contribution >= 0.6 is 11.3 Å². The lowest BCUT2D eigenvalue weighted by Crippen LogP contribution is -2.62. The predicted molar refractivity (Wildman–Crippen MR) is 170 cm³/mol. The molecule has 0 bridgehead atoms. The fourth-order valence-electron chi connectivity index (χ4n) is 6.31. The maximum atomic E-state index is 13.8. The van der Waals surface area contributed by atoms with Gasteiger partial charge < -0.3 is 20.0 Å². The molecule has 5 rings (SSSR count). The summed E-state index contributed by atoms with van der Waals surface area (Å²) >= 11 is 1.26. The second-order valence-corrected chi connectivity index (χ2v) is 12.8. The number of piperidine rings is 1. The van der Waals surface area contributed by atoms with Gasteiger partial charge in [0.05, 0.1) is 12.6 Å². The van der Waals surface area contributed by atoms with Crippen LogP contribution in [0.1, 0.15) is 46.6 Å². The molecule has 3 aromatic rings. The molecule has 0 radical (unpaired) electrons. The molecule has 0 saturated carbocycles. The summed E-state index contributed by atoms with van der Waals surface area (Å²) in [7, 11) is 2.07. The van der Waals surface area contributed by atoms with Gasteiger partial charge in [0.25, 0.3) is 0 Å². The first kappa shape index (κ1) is 31.5. The summed E-state index contributed by atoms with van der Waals surface area (Å²) in [5.41, 5.74) is 2.09. The smallest absolute Gasteiger partial charge is 0.246 e. The first-order valence-corrected chi connectivity index (χ1v) is 16.3. The Morgan fingerprint density at radius 3 is 2.45 bits per heavy atom. The quantitative estimate of drug-likeness (QED) is 0.296. The van der Waals surface area contributed by atoms with Crippen molar-refractivity contribution in [3.05, 3.63) is 88.4 Å². The highest BCUT2D eigenvalue weighted by Crippen LogP contribution is 2.23.